The van der Waals surface area contributed by atoms with Gasteiger partial charge in [0.05, 0.1) is 6.10 Å². The third-order valence-electron chi connectivity index (χ3n) is 4.18. The lowest BCUT2D eigenvalue weighted by Gasteiger charge is -2.37. The predicted molar refractivity (Wildman–Crippen MR) is 83.4 cm³/mol. The number of nitrogens with zero attached hydrogens (tertiary/aromatic N) is 1. The Morgan fingerprint density at radius 3 is 2.50 bits per heavy atom. The maximum absolute atomic E-state index is 9.62. The lowest BCUT2D eigenvalue weighted by atomic mass is 9.95. The van der Waals surface area contributed by atoms with Crippen molar-refractivity contribution < 1.29 is 5.11 Å². The van der Waals surface area contributed by atoms with Crippen LogP contribution in [0.25, 0.3) is 0 Å². The van der Waals surface area contributed by atoms with Gasteiger partial charge in [-0.05, 0) is 56.0 Å². The molecule has 0 saturated carbocycles. The van der Waals surface area contributed by atoms with E-state index in [1.807, 2.05) is 12.1 Å². The summed E-state index contributed by atoms with van der Waals surface area (Å²) in [5.74, 6) is 0. The number of hydrogen-bond acceptors (Lipinski definition) is 2. The molecule has 1 aliphatic heterocycles. The van der Waals surface area contributed by atoms with Crippen LogP contribution in [-0.2, 0) is 6.42 Å². The first kappa shape index (κ1) is 13.2. The zero-order chi connectivity index (χ0) is 14.1. The van der Waals surface area contributed by atoms with E-state index < -0.39 is 6.10 Å². The Bertz CT molecular complexity index is 589. The molecule has 0 fully saturated rings. The van der Waals surface area contributed by atoms with Crippen molar-refractivity contribution in [3.05, 3.63) is 59.7 Å². The van der Waals surface area contributed by atoms with E-state index in [-0.39, 0.29) is 0 Å². The van der Waals surface area contributed by atoms with Gasteiger partial charge < -0.3 is 10.0 Å². The van der Waals surface area contributed by atoms with Crippen LogP contribution in [0.1, 0.15) is 37.5 Å². The Hall–Kier alpha value is -1.80. The van der Waals surface area contributed by atoms with Gasteiger partial charge in [0.25, 0.3) is 0 Å². The summed E-state index contributed by atoms with van der Waals surface area (Å²) in [5, 5.41) is 9.62. The molecule has 0 saturated heterocycles. The van der Waals surface area contributed by atoms with Crippen LogP contribution in [0.2, 0.25) is 0 Å². The first-order chi connectivity index (χ1) is 9.66. The number of para-hydroxylation sites is 1. The Labute approximate surface area is 120 Å². The Morgan fingerprint density at radius 1 is 1.10 bits per heavy atom. The summed E-state index contributed by atoms with van der Waals surface area (Å²) >= 11 is 0. The molecule has 1 aliphatic rings. The van der Waals surface area contributed by atoms with Gasteiger partial charge in [-0.25, -0.2) is 0 Å². The smallest absolute Gasteiger partial charge is 0.0761 e. The predicted octanol–water partition coefficient (Wildman–Crippen LogP) is 4.21. The summed E-state index contributed by atoms with van der Waals surface area (Å²) in [6, 6.07) is 17.4. The van der Waals surface area contributed by atoms with Gasteiger partial charge >= 0.3 is 0 Å². The number of aliphatic hydroxyl groups is 1. The maximum atomic E-state index is 9.62. The summed E-state index contributed by atoms with van der Waals surface area (Å²) in [5.41, 5.74) is 4.90. The number of rotatable bonds is 2. The fourth-order valence-corrected chi connectivity index (χ4v) is 3.00. The van der Waals surface area contributed by atoms with E-state index in [0.717, 1.165) is 12.0 Å². The van der Waals surface area contributed by atoms with E-state index in [9.17, 15) is 5.11 Å². The zero-order valence-electron chi connectivity index (χ0n) is 12.1. The summed E-state index contributed by atoms with van der Waals surface area (Å²) in [6.07, 6.45) is 1.92. The van der Waals surface area contributed by atoms with Crippen LogP contribution in [0, 0.1) is 0 Å². The van der Waals surface area contributed by atoms with Crippen LogP contribution in [-0.4, -0.2) is 11.1 Å². The highest BCUT2D eigenvalue weighted by Crippen LogP contribution is 2.36. The molecular weight excluding hydrogens is 246 g/mol. The molecule has 1 N–H and O–H groups in total. The fraction of sp³-hybridized carbons (Fsp3) is 0.333. The molecule has 0 bridgehead atoms. The maximum Gasteiger partial charge on any atom is 0.0761 e. The zero-order valence-corrected chi connectivity index (χ0v) is 12.1. The quantitative estimate of drug-likeness (QED) is 0.881. The molecule has 0 amide bonds. The molecule has 1 unspecified atom stereocenters. The Morgan fingerprint density at radius 2 is 1.80 bits per heavy atom. The third kappa shape index (κ3) is 2.32. The van der Waals surface area contributed by atoms with Gasteiger partial charge in [0.15, 0.2) is 0 Å². The van der Waals surface area contributed by atoms with E-state index in [1.54, 1.807) is 6.92 Å². The fourth-order valence-electron chi connectivity index (χ4n) is 3.00. The van der Waals surface area contributed by atoms with Crippen molar-refractivity contribution in [2.75, 3.05) is 4.90 Å². The van der Waals surface area contributed by atoms with Gasteiger partial charge in [0.1, 0.15) is 0 Å². The molecular formula is C18H21NO. The van der Waals surface area contributed by atoms with Crippen LogP contribution in [0.5, 0.6) is 0 Å². The summed E-state index contributed by atoms with van der Waals surface area (Å²) in [7, 11) is 0. The van der Waals surface area contributed by atoms with Crippen LogP contribution in [0.15, 0.2) is 48.5 Å². The number of hydrogen-bond donors (Lipinski definition) is 1. The minimum atomic E-state index is -0.407. The summed E-state index contributed by atoms with van der Waals surface area (Å²) in [6.45, 7) is 4.08. The third-order valence-corrected chi connectivity index (χ3v) is 4.18. The lowest BCUT2D eigenvalue weighted by Crippen LogP contribution is -2.33. The van der Waals surface area contributed by atoms with E-state index in [4.69, 9.17) is 0 Å². The number of fused-ring (bicyclic) bond motifs is 1. The SMILES string of the molecule is CC1CCc2ccccc2N1c1ccc([C@H](C)O)cc1. The first-order valence-corrected chi connectivity index (χ1v) is 7.32. The summed E-state index contributed by atoms with van der Waals surface area (Å²) < 4.78 is 0. The van der Waals surface area contributed by atoms with Gasteiger partial charge in [0.2, 0.25) is 0 Å². The minimum absolute atomic E-state index is 0.407. The van der Waals surface area contributed by atoms with Gasteiger partial charge in [-0.1, -0.05) is 30.3 Å². The second kappa shape index (κ2) is 5.29. The van der Waals surface area contributed by atoms with E-state index in [0.29, 0.717) is 6.04 Å². The Kier molecular flexibility index (Phi) is 3.49. The normalized spacial score (nSPS) is 19.6. The second-order valence-electron chi connectivity index (χ2n) is 5.65. The molecule has 20 heavy (non-hydrogen) atoms. The highest BCUT2D eigenvalue weighted by Gasteiger charge is 2.23. The first-order valence-electron chi connectivity index (χ1n) is 7.32. The molecule has 2 atom stereocenters. The number of aryl methyl sites for hydroxylation is 1. The van der Waals surface area contributed by atoms with E-state index in [1.165, 1.54) is 23.4 Å². The van der Waals surface area contributed by atoms with Crippen molar-refractivity contribution in [2.24, 2.45) is 0 Å². The van der Waals surface area contributed by atoms with Gasteiger partial charge in [-0.3, -0.25) is 0 Å². The molecule has 2 nitrogen and oxygen atoms in total. The van der Waals surface area contributed by atoms with Crippen molar-refractivity contribution >= 4 is 11.4 Å². The summed E-state index contributed by atoms with van der Waals surface area (Å²) in [4.78, 5) is 2.41. The van der Waals surface area contributed by atoms with Crippen LogP contribution < -0.4 is 4.90 Å². The van der Waals surface area contributed by atoms with E-state index in [2.05, 4.69) is 48.2 Å². The minimum Gasteiger partial charge on any atom is -0.389 e. The highest BCUT2D eigenvalue weighted by molar-refractivity contribution is 5.68. The molecule has 0 radical (unpaired) electrons. The number of anilines is 2. The van der Waals surface area contributed by atoms with Crippen molar-refractivity contribution in [1.82, 2.24) is 0 Å². The monoisotopic (exact) mass is 267 g/mol. The van der Waals surface area contributed by atoms with Crippen molar-refractivity contribution in [1.29, 1.82) is 0 Å². The molecule has 104 valence electrons. The molecule has 2 heteroatoms. The molecule has 0 spiro atoms. The van der Waals surface area contributed by atoms with Crippen LogP contribution in [0.4, 0.5) is 11.4 Å². The molecule has 0 aromatic heterocycles. The average Bonchev–Trinajstić information content (AvgIpc) is 2.47. The van der Waals surface area contributed by atoms with E-state index >= 15 is 0 Å². The largest absolute Gasteiger partial charge is 0.389 e. The molecule has 0 aliphatic carbocycles. The van der Waals surface area contributed by atoms with Gasteiger partial charge in [-0.2, -0.15) is 0 Å². The van der Waals surface area contributed by atoms with Crippen molar-refractivity contribution in [2.45, 2.75) is 38.8 Å². The molecule has 1 heterocycles. The average molecular weight is 267 g/mol. The number of aliphatic hydroxyl groups excluding tert-OH is 1. The molecule has 2 aromatic rings. The lowest BCUT2D eigenvalue weighted by molar-refractivity contribution is 0.199. The topological polar surface area (TPSA) is 23.5 Å². The number of benzene rings is 2. The van der Waals surface area contributed by atoms with Crippen LogP contribution >= 0.6 is 0 Å². The highest BCUT2D eigenvalue weighted by atomic mass is 16.3. The van der Waals surface area contributed by atoms with Gasteiger partial charge in [0, 0.05) is 17.4 Å². The molecule has 2 aromatic carbocycles. The van der Waals surface area contributed by atoms with Gasteiger partial charge in [-0.15, -0.1) is 0 Å². The second-order valence-corrected chi connectivity index (χ2v) is 5.65. The molecule has 3 rings (SSSR count). The van der Waals surface area contributed by atoms with Crippen molar-refractivity contribution in [3.63, 3.8) is 0 Å². The Balaban J connectivity index is 2.00. The van der Waals surface area contributed by atoms with Crippen molar-refractivity contribution in [3.8, 4) is 0 Å². The standard InChI is InChI=1S/C18H21NO/c1-13-7-8-16-5-3-4-6-18(16)19(13)17-11-9-15(10-12-17)14(2)20/h3-6,9-14,20H,7-8H2,1-2H3/t13?,14-/m0/s1. The van der Waals surface area contributed by atoms with Crippen LogP contribution in [0.3, 0.4) is 0 Å².